The van der Waals surface area contributed by atoms with Crippen molar-refractivity contribution in [3.8, 4) is 17.2 Å². The van der Waals surface area contributed by atoms with Gasteiger partial charge in [0.2, 0.25) is 0 Å². The maximum Gasteiger partial charge on any atom is 0.411 e. The summed E-state index contributed by atoms with van der Waals surface area (Å²) in [5, 5.41) is 26.4. The van der Waals surface area contributed by atoms with Crippen LogP contribution in [-0.2, 0) is 4.74 Å². The molecule has 0 saturated heterocycles. The molecule has 0 aliphatic rings. The molecule has 0 spiro atoms. The summed E-state index contributed by atoms with van der Waals surface area (Å²) >= 11 is 0. The number of carbonyl (C=O) groups is 1. The molecule has 0 fully saturated rings. The highest BCUT2D eigenvalue weighted by Crippen LogP contribution is 2.29. The van der Waals surface area contributed by atoms with Crippen LogP contribution >= 0.6 is 0 Å². The zero-order chi connectivity index (χ0) is 24.5. The van der Waals surface area contributed by atoms with Gasteiger partial charge in [0.1, 0.15) is 17.2 Å². The number of carbonyl (C=O) groups excluding carboxylic acids is 1. The third kappa shape index (κ3) is 6.40. The molecule has 0 unspecified atom stereocenters. The fourth-order valence-corrected chi connectivity index (χ4v) is 3.60. The molecule has 34 heavy (non-hydrogen) atoms. The van der Waals surface area contributed by atoms with E-state index in [4.69, 9.17) is 9.47 Å². The number of nitrogens with one attached hydrogen (secondary N) is 2. The highest BCUT2D eigenvalue weighted by atomic mass is 16.5. The van der Waals surface area contributed by atoms with Crippen LogP contribution in [0.4, 0.5) is 10.5 Å². The molecule has 0 aliphatic heterocycles. The Hall–Kier alpha value is -3.75. The van der Waals surface area contributed by atoms with E-state index in [1.54, 1.807) is 20.3 Å². The normalized spacial score (nSPS) is 11.7. The monoisotopic (exact) mass is 466 g/mol. The van der Waals surface area contributed by atoms with Crippen molar-refractivity contribution in [3.63, 3.8) is 0 Å². The first-order valence-corrected chi connectivity index (χ1v) is 10.8. The molecule has 0 radical (unpaired) electrons. The molecular formula is C26H30N2O6. The van der Waals surface area contributed by atoms with Crippen LogP contribution in [0.1, 0.15) is 28.7 Å². The molecule has 1 amide bonds. The van der Waals surface area contributed by atoms with Gasteiger partial charge < -0.3 is 29.7 Å². The molecule has 0 heterocycles. The summed E-state index contributed by atoms with van der Waals surface area (Å²) in [4.78, 5) is 11.5. The number of anilines is 1. The molecule has 0 bridgehead atoms. The van der Waals surface area contributed by atoms with Gasteiger partial charge in [-0.25, -0.2) is 4.79 Å². The third-order valence-electron chi connectivity index (χ3n) is 5.55. The summed E-state index contributed by atoms with van der Waals surface area (Å²) in [6, 6.07) is 20.3. The first kappa shape index (κ1) is 24.9. The molecule has 3 aromatic rings. The van der Waals surface area contributed by atoms with Crippen LogP contribution in [0.5, 0.6) is 17.2 Å². The molecule has 3 aromatic carbocycles. The van der Waals surface area contributed by atoms with Gasteiger partial charge in [-0.3, -0.25) is 5.32 Å². The average Bonchev–Trinajstić information content (AvgIpc) is 2.88. The molecule has 0 aromatic heterocycles. The zero-order valence-corrected chi connectivity index (χ0v) is 19.4. The molecule has 8 nitrogen and oxygen atoms in total. The van der Waals surface area contributed by atoms with Crippen LogP contribution in [0.3, 0.4) is 0 Å². The number of rotatable bonds is 10. The van der Waals surface area contributed by atoms with E-state index in [-0.39, 0.29) is 23.9 Å². The summed E-state index contributed by atoms with van der Waals surface area (Å²) in [5.41, 5.74) is 2.91. The number of aliphatic hydroxyl groups is 1. The molecule has 8 heteroatoms. The molecule has 180 valence electrons. The lowest BCUT2D eigenvalue weighted by Crippen LogP contribution is -2.27. The Labute approximate surface area is 199 Å². The molecule has 0 saturated carbocycles. The first-order valence-electron chi connectivity index (χ1n) is 10.8. The second kappa shape index (κ2) is 11.9. The fraction of sp³-hybridized carbons (Fsp3) is 0.269. The quantitative estimate of drug-likeness (QED) is 0.334. The van der Waals surface area contributed by atoms with Crippen LogP contribution in [-0.4, -0.2) is 50.7 Å². The van der Waals surface area contributed by atoms with Crippen molar-refractivity contribution in [2.75, 3.05) is 39.7 Å². The van der Waals surface area contributed by atoms with Crippen molar-refractivity contribution in [2.24, 2.45) is 0 Å². The summed E-state index contributed by atoms with van der Waals surface area (Å²) < 4.78 is 15.1. The predicted molar refractivity (Wildman–Crippen MR) is 130 cm³/mol. The van der Waals surface area contributed by atoms with Crippen molar-refractivity contribution < 1.29 is 29.2 Å². The highest BCUT2D eigenvalue weighted by molar-refractivity contribution is 5.86. The number of aromatic hydroxyl groups is 1. The number of ether oxygens (including phenoxy) is 3. The van der Waals surface area contributed by atoms with Gasteiger partial charge in [0.05, 0.1) is 33.1 Å². The topological polar surface area (TPSA) is 109 Å². The number of amides is 1. The standard InChI is InChI=1S/C26H30N2O6/c1-32-20-9-4-17(5-10-20)22(18-6-11-21(33-2)12-7-18)15-27-16-25(30)19-8-13-24(29)23(14-19)28-26(31)34-3/h4-14,22,25,27,29-30H,15-16H2,1-3H3,(H,28,31)/t25-/m0/s1. The van der Waals surface area contributed by atoms with Crippen LogP contribution < -0.4 is 20.1 Å². The Morgan fingerprint density at radius 3 is 1.85 bits per heavy atom. The highest BCUT2D eigenvalue weighted by Gasteiger charge is 2.17. The largest absolute Gasteiger partial charge is 0.506 e. The Bertz CT molecular complexity index is 1020. The summed E-state index contributed by atoms with van der Waals surface area (Å²) in [7, 11) is 4.50. The number of hydrogen-bond acceptors (Lipinski definition) is 7. The molecule has 1 atom stereocenters. The Morgan fingerprint density at radius 1 is 0.824 bits per heavy atom. The number of benzene rings is 3. The molecule has 4 N–H and O–H groups in total. The predicted octanol–water partition coefficient (Wildman–Crippen LogP) is 4.04. The van der Waals surface area contributed by atoms with Gasteiger partial charge in [0, 0.05) is 19.0 Å². The lowest BCUT2D eigenvalue weighted by atomic mass is 9.91. The minimum atomic E-state index is -0.855. The van der Waals surface area contributed by atoms with Gasteiger partial charge >= 0.3 is 6.09 Å². The summed E-state index contributed by atoms with van der Waals surface area (Å²) in [5.74, 6) is 1.47. The van der Waals surface area contributed by atoms with Gasteiger partial charge in [-0.15, -0.1) is 0 Å². The maximum atomic E-state index is 11.5. The van der Waals surface area contributed by atoms with Gasteiger partial charge in [-0.2, -0.15) is 0 Å². The van der Waals surface area contributed by atoms with Crippen molar-refractivity contribution in [1.29, 1.82) is 0 Å². The van der Waals surface area contributed by atoms with Gasteiger partial charge in [0.25, 0.3) is 0 Å². The van der Waals surface area contributed by atoms with Crippen LogP contribution in [0.15, 0.2) is 66.7 Å². The van der Waals surface area contributed by atoms with E-state index in [2.05, 4.69) is 15.4 Å². The summed E-state index contributed by atoms with van der Waals surface area (Å²) in [6.45, 7) is 0.840. The van der Waals surface area contributed by atoms with Crippen LogP contribution in [0.2, 0.25) is 0 Å². The van der Waals surface area contributed by atoms with Gasteiger partial charge in [-0.1, -0.05) is 30.3 Å². The van der Waals surface area contributed by atoms with E-state index in [1.165, 1.54) is 19.2 Å². The van der Waals surface area contributed by atoms with Gasteiger partial charge in [0.15, 0.2) is 0 Å². The smallest absolute Gasteiger partial charge is 0.411 e. The lowest BCUT2D eigenvalue weighted by Gasteiger charge is -2.21. The number of hydrogen-bond donors (Lipinski definition) is 4. The van der Waals surface area contributed by atoms with Gasteiger partial charge in [-0.05, 0) is 53.1 Å². The van der Waals surface area contributed by atoms with E-state index >= 15 is 0 Å². The maximum absolute atomic E-state index is 11.5. The summed E-state index contributed by atoms with van der Waals surface area (Å²) in [6.07, 6.45) is -1.56. The van der Waals surface area contributed by atoms with Crippen LogP contribution in [0.25, 0.3) is 0 Å². The number of phenolic OH excluding ortho intramolecular Hbond substituents is 1. The van der Waals surface area contributed by atoms with E-state index in [0.717, 1.165) is 22.6 Å². The third-order valence-corrected chi connectivity index (χ3v) is 5.55. The van der Waals surface area contributed by atoms with Crippen molar-refractivity contribution in [2.45, 2.75) is 12.0 Å². The van der Waals surface area contributed by atoms with E-state index in [0.29, 0.717) is 12.1 Å². The average molecular weight is 467 g/mol. The Balaban J connectivity index is 1.72. The van der Waals surface area contributed by atoms with Crippen LogP contribution in [0, 0.1) is 0 Å². The minimum absolute atomic E-state index is 0.0281. The van der Waals surface area contributed by atoms with E-state index in [1.807, 2.05) is 48.5 Å². The second-order valence-electron chi connectivity index (χ2n) is 7.67. The van der Waals surface area contributed by atoms with Crippen molar-refractivity contribution >= 4 is 11.8 Å². The van der Waals surface area contributed by atoms with E-state index in [9.17, 15) is 15.0 Å². The van der Waals surface area contributed by atoms with Crippen molar-refractivity contribution in [3.05, 3.63) is 83.4 Å². The number of phenols is 1. The Morgan fingerprint density at radius 2 is 1.35 bits per heavy atom. The molecule has 0 aliphatic carbocycles. The molecular weight excluding hydrogens is 436 g/mol. The molecule has 3 rings (SSSR count). The SMILES string of the molecule is COC(=O)Nc1cc([C@@H](O)CNCC(c2ccc(OC)cc2)c2ccc(OC)cc2)ccc1O. The lowest BCUT2D eigenvalue weighted by molar-refractivity contribution is 0.174. The van der Waals surface area contributed by atoms with E-state index < -0.39 is 12.2 Å². The first-order chi connectivity index (χ1) is 16.4. The fourth-order valence-electron chi connectivity index (χ4n) is 3.60. The van der Waals surface area contributed by atoms with Crippen molar-refractivity contribution in [1.82, 2.24) is 5.32 Å². The number of methoxy groups -OCH3 is 3. The minimum Gasteiger partial charge on any atom is -0.506 e. The second-order valence-corrected chi connectivity index (χ2v) is 7.67. The zero-order valence-electron chi connectivity index (χ0n) is 19.4. The number of aliphatic hydroxyl groups excluding tert-OH is 1. The Kier molecular flexibility index (Phi) is 8.73.